The lowest BCUT2D eigenvalue weighted by atomic mass is 10.2. The molecule has 1 fully saturated rings. The third kappa shape index (κ3) is 5.46. The first-order valence-electron chi connectivity index (χ1n) is 12.5. The molecule has 4 rings (SSSR count). The molecular formula is C28H35F3N3O2P. The number of piperazine rings is 1. The lowest BCUT2D eigenvalue weighted by Crippen LogP contribution is -2.48. The Labute approximate surface area is 217 Å². The van der Waals surface area contributed by atoms with Gasteiger partial charge in [0.1, 0.15) is 18.7 Å². The zero-order valence-corrected chi connectivity index (χ0v) is 22.9. The van der Waals surface area contributed by atoms with Crippen LogP contribution in [0.4, 0.5) is 24.5 Å². The summed E-state index contributed by atoms with van der Waals surface area (Å²) in [6.45, 7) is 13.2. The first-order valence-corrected chi connectivity index (χ1v) is 14.2. The van der Waals surface area contributed by atoms with Gasteiger partial charge >= 0.3 is 6.18 Å². The van der Waals surface area contributed by atoms with Crippen LogP contribution >= 0.6 is 7.21 Å². The molecule has 1 atom stereocenters. The van der Waals surface area contributed by atoms with Gasteiger partial charge in [-0.25, -0.2) is 4.74 Å². The van der Waals surface area contributed by atoms with Crippen molar-refractivity contribution in [1.29, 1.82) is 0 Å². The minimum Gasteiger partial charge on any atom is -0.492 e. The number of hydrogen-bond donors (Lipinski definition) is 0. The van der Waals surface area contributed by atoms with E-state index in [9.17, 15) is 13.2 Å². The first kappa shape index (κ1) is 27.3. The smallest absolute Gasteiger partial charge is 0.418 e. The Kier molecular flexibility index (Phi) is 7.82. The predicted octanol–water partition coefficient (Wildman–Crippen LogP) is 7.70. The van der Waals surface area contributed by atoms with Gasteiger partial charge in [-0.3, -0.25) is 4.67 Å². The number of anilines is 1. The van der Waals surface area contributed by atoms with Crippen molar-refractivity contribution < 1.29 is 22.3 Å². The minimum absolute atomic E-state index is 0.0450. The number of furan rings is 1. The van der Waals surface area contributed by atoms with E-state index in [1.807, 2.05) is 50.2 Å². The third-order valence-electron chi connectivity index (χ3n) is 6.60. The van der Waals surface area contributed by atoms with E-state index in [-0.39, 0.29) is 5.69 Å². The highest BCUT2D eigenvalue weighted by Gasteiger charge is 2.45. The molecule has 1 saturated heterocycles. The summed E-state index contributed by atoms with van der Waals surface area (Å²) in [6.07, 6.45) is -4.51. The van der Waals surface area contributed by atoms with Crippen LogP contribution in [-0.2, 0) is 6.18 Å². The van der Waals surface area contributed by atoms with Gasteiger partial charge in [-0.15, -0.1) is 0 Å². The van der Waals surface area contributed by atoms with E-state index in [0.717, 1.165) is 17.5 Å². The number of alkyl halides is 3. The normalized spacial score (nSPS) is 16.9. The Morgan fingerprint density at radius 3 is 2.16 bits per heavy atom. The van der Waals surface area contributed by atoms with E-state index in [1.54, 1.807) is 6.07 Å². The second kappa shape index (κ2) is 10.6. The van der Waals surface area contributed by atoms with Gasteiger partial charge in [0.15, 0.2) is 5.50 Å². The minimum atomic E-state index is -4.51. The van der Waals surface area contributed by atoms with Crippen LogP contribution in [0.15, 0.2) is 69.8 Å². The summed E-state index contributed by atoms with van der Waals surface area (Å²) in [4.78, 5) is 2.27. The molecule has 0 aliphatic carbocycles. The van der Waals surface area contributed by atoms with E-state index in [0.29, 0.717) is 44.0 Å². The number of ether oxygens (including phenoxy) is 1. The summed E-state index contributed by atoms with van der Waals surface area (Å²) < 4.78 is 61.4. The Balaban J connectivity index is 1.82. The van der Waals surface area contributed by atoms with Crippen LogP contribution in [-0.4, -0.2) is 42.6 Å². The summed E-state index contributed by atoms with van der Waals surface area (Å²) in [5.41, 5.74) is 0.905. The fourth-order valence-electron chi connectivity index (χ4n) is 4.92. The molecule has 3 aromatic rings. The molecular weight excluding hydrogens is 498 g/mol. The molecule has 0 radical (unpaired) electrons. The van der Waals surface area contributed by atoms with Crippen molar-refractivity contribution in [2.45, 2.75) is 46.0 Å². The fraction of sp³-hybridized carbons (Fsp3) is 0.429. The molecule has 0 saturated carbocycles. The maximum absolute atomic E-state index is 14.0. The molecule has 0 spiro atoms. The molecule has 2 aromatic carbocycles. The molecule has 0 unspecified atom stereocenters. The maximum Gasteiger partial charge on any atom is 0.418 e. The molecule has 9 heteroatoms. The second-order valence-electron chi connectivity index (χ2n) is 10.1. The van der Waals surface area contributed by atoms with E-state index in [2.05, 4.69) is 30.3 Å². The Hall–Kier alpha value is -2.70. The molecule has 1 aromatic heterocycles. The molecule has 37 heavy (non-hydrogen) atoms. The summed E-state index contributed by atoms with van der Waals surface area (Å²) in [6, 6.07) is 17.3. The SMILES string of the molecule is CCOc1ccccc1N1CCN([P@](=Nc2ccccc2C(F)(F)F)(c2ccc(C)o2)C(C)(C)C)CC1. The summed E-state index contributed by atoms with van der Waals surface area (Å²) in [7, 11) is -2.81. The molecule has 200 valence electrons. The number of halogens is 3. The highest BCUT2D eigenvalue weighted by molar-refractivity contribution is 7.72. The number of para-hydroxylation sites is 2. The van der Waals surface area contributed by atoms with Crippen LogP contribution in [0.5, 0.6) is 5.75 Å². The number of benzene rings is 2. The molecule has 2 heterocycles. The van der Waals surface area contributed by atoms with Gasteiger partial charge in [0.2, 0.25) is 0 Å². The van der Waals surface area contributed by atoms with Gasteiger partial charge in [-0.2, -0.15) is 13.2 Å². The van der Waals surface area contributed by atoms with Crippen LogP contribution < -0.4 is 15.1 Å². The molecule has 5 nitrogen and oxygen atoms in total. The van der Waals surface area contributed by atoms with Gasteiger partial charge in [0.05, 0.1) is 23.5 Å². The van der Waals surface area contributed by atoms with Crippen LogP contribution in [0, 0.1) is 6.92 Å². The third-order valence-corrected chi connectivity index (χ3v) is 11.1. The van der Waals surface area contributed by atoms with Crippen molar-refractivity contribution >= 4 is 24.1 Å². The van der Waals surface area contributed by atoms with Crippen molar-refractivity contribution in [2.24, 2.45) is 4.74 Å². The van der Waals surface area contributed by atoms with Crippen molar-refractivity contribution in [3.8, 4) is 5.75 Å². The Morgan fingerprint density at radius 1 is 0.919 bits per heavy atom. The quantitative estimate of drug-likeness (QED) is 0.305. The monoisotopic (exact) mass is 533 g/mol. The van der Waals surface area contributed by atoms with Gasteiger partial charge in [-0.05, 0) is 50.2 Å². The van der Waals surface area contributed by atoms with Gasteiger partial charge in [0.25, 0.3) is 0 Å². The summed E-state index contributed by atoms with van der Waals surface area (Å²) >= 11 is 0. The van der Waals surface area contributed by atoms with Crippen molar-refractivity contribution in [3.05, 3.63) is 72.0 Å². The molecule has 0 bridgehead atoms. The van der Waals surface area contributed by atoms with Crippen LogP contribution in [0.3, 0.4) is 0 Å². The molecule has 0 amide bonds. The molecule has 1 aliphatic heterocycles. The van der Waals surface area contributed by atoms with E-state index in [4.69, 9.17) is 13.9 Å². The standard InChI is InChI=1S/C28H35F3N3O2P/c1-6-35-25-14-10-9-13-24(25)33-17-19-34(20-18-33)37(27(3,4)5,26-16-15-21(2)36-26)32-23-12-8-7-11-22(23)28(29,30)31/h7-16H,6,17-20H2,1-5H3/t37-/m1/s1. The largest absolute Gasteiger partial charge is 0.492 e. The zero-order chi connectivity index (χ0) is 26.8. The van der Waals surface area contributed by atoms with Crippen LogP contribution in [0.1, 0.15) is 39.0 Å². The van der Waals surface area contributed by atoms with Crippen molar-refractivity contribution in [1.82, 2.24) is 4.67 Å². The number of nitrogens with zero attached hydrogens (tertiary/aromatic N) is 3. The van der Waals surface area contributed by atoms with Gasteiger partial charge in [-0.1, -0.05) is 45.0 Å². The van der Waals surface area contributed by atoms with E-state index < -0.39 is 24.1 Å². The summed E-state index contributed by atoms with van der Waals surface area (Å²) in [5, 5.41) is -0.485. The number of aryl methyl sites for hydroxylation is 1. The van der Waals surface area contributed by atoms with E-state index in [1.165, 1.54) is 12.1 Å². The predicted molar refractivity (Wildman–Crippen MR) is 145 cm³/mol. The Bertz CT molecular complexity index is 1270. The Morgan fingerprint density at radius 2 is 1.57 bits per heavy atom. The second-order valence-corrected chi connectivity index (χ2v) is 13.9. The topological polar surface area (TPSA) is 41.2 Å². The maximum atomic E-state index is 14.0. The van der Waals surface area contributed by atoms with E-state index >= 15 is 0 Å². The van der Waals surface area contributed by atoms with Crippen molar-refractivity contribution in [3.63, 3.8) is 0 Å². The lowest BCUT2D eigenvalue weighted by Gasteiger charge is -2.47. The van der Waals surface area contributed by atoms with Gasteiger partial charge < -0.3 is 14.1 Å². The highest BCUT2D eigenvalue weighted by atomic mass is 31.2. The average molecular weight is 534 g/mol. The number of rotatable bonds is 6. The lowest BCUT2D eigenvalue weighted by molar-refractivity contribution is -0.137. The van der Waals surface area contributed by atoms with Gasteiger partial charge in [0, 0.05) is 31.3 Å². The van der Waals surface area contributed by atoms with Crippen molar-refractivity contribution in [2.75, 3.05) is 37.7 Å². The fourth-order valence-corrected chi connectivity index (χ4v) is 9.04. The molecule has 0 N–H and O–H groups in total. The summed E-state index contributed by atoms with van der Waals surface area (Å²) in [5.74, 6) is 1.55. The zero-order valence-electron chi connectivity index (χ0n) is 22.0. The molecule has 1 aliphatic rings. The highest BCUT2D eigenvalue weighted by Crippen LogP contribution is 2.65. The first-order chi connectivity index (χ1) is 17.5. The van der Waals surface area contributed by atoms with Crippen LogP contribution in [0.2, 0.25) is 0 Å². The number of hydrogen-bond acceptors (Lipinski definition) is 4. The van der Waals surface area contributed by atoms with Crippen LogP contribution in [0.25, 0.3) is 0 Å². The average Bonchev–Trinajstić information content (AvgIpc) is 3.28.